The van der Waals surface area contributed by atoms with Crippen molar-refractivity contribution in [3.05, 3.63) is 41.6 Å². The van der Waals surface area contributed by atoms with Crippen molar-refractivity contribution in [2.75, 3.05) is 5.75 Å². The first kappa shape index (κ1) is 9.59. The Balaban J connectivity index is 2.02. The summed E-state index contributed by atoms with van der Waals surface area (Å²) in [5.74, 6) is 0.927. The van der Waals surface area contributed by atoms with Crippen molar-refractivity contribution in [1.29, 1.82) is 0 Å². The van der Waals surface area contributed by atoms with E-state index in [-0.39, 0.29) is 5.78 Å². The minimum absolute atomic E-state index is 0.0451. The molecule has 3 rings (SSSR count). The molecule has 0 radical (unpaired) electrons. The van der Waals surface area contributed by atoms with E-state index in [1.54, 1.807) is 28.6 Å². The van der Waals surface area contributed by atoms with Crippen molar-refractivity contribution in [2.24, 2.45) is 0 Å². The minimum Gasteiger partial charge on any atom is -0.287 e. The van der Waals surface area contributed by atoms with Crippen LogP contribution in [0.2, 0.25) is 0 Å². The Morgan fingerprint density at radius 2 is 2.12 bits per heavy atom. The van der Waals surface area contributed by atoms with Crippen LogP contribution < -0.4 is 0 Å². The van der Waals surface area contributed by atoms with E-state index in [9.17, 15) is 4.79 Å². The van der Waals surface area contributed by atoms with E-state index in [2.05, 4.69) is 10.3 Å². The van der Waals surface area contributed by atoms with E-state index < -0.39 is 0 Å². The molecule has 1 aromatic carbocycles. The SMILES string of the molecule is O=C(c1ccccc1)c1nnn2c1SCC2. The van der Waals surface area contributed by atoms with Crippen LogP contribution in [0, 0.1) is 0 Å². The zero-order valence-corrected chi connectivity index (χ0v) is 9.28. The Morgan fingerprint density at radius 3 is 2.94 bits per heavy atom. The molecular weight excluding hydrogens is 222 g/mol. The number of aryl methyl sites for hydroxylation is 1. The third-order valence-electron chi connectivity index (χ3n) is 2.48. The number of carbonyl (C=O) groups is 1. The molecule has 1 aromatic heterocycles. The molecule has 2 aromatic rings. The third kappa shape index (κ3) is 1.44. The molecule has 0 N–H and O–H groups in total. The van der Waals surface area contributed by atoms with Crippen molar-refractivity contribution < 1.29 is 4.79 Å². The van der Waals surface area contributed by atoms with E-state index in [1.807, 2.05) is 18.2 Å². The summed E-state index contributed by atoms with van der Waals surface area (Å²) in [6.07, 6.45) is 0. The predicted molar refractivity (Wildman–Crippen MR) is 60.6 cm³/mol. The van der Waals surface area contributed by atoms with Crippen LogP contribution in [0.15, 0.2) is 35.4 Å². The van der Waals surface area contributed by atoms with Crippen molar-refractivity contribution in [3.8, 4) is 0 Å². The van der Waals surface area contributed by atoms with Crippen LogP contribution in [0.3, 0.4) is 0 Å². The number of fused-ring (bicyclic) bond motifs is 1. The number of hydrogen-bond acceptors (Lipinski definition) is 4. The predicted octanol–water partition coefficient (Wildman–Crippen LogP) is 1.61. The lowest BCUT2D eigenvalue weighted by Crippen LogP contribution is -2.03. The molecule has 1 aliphatic rings. The van der Waals surface area contributed by atoms with Gasteiger partial charge >= 0.3 is 0 Å². The zero-order chi connectivity index (χ0) is 11.0. The highest BCUT2D eigenvalue weighted by Crippen LogP contribution is 2.28. The molecule has 16 heavy (non-hydrogen) atoms. The van der Waals surface area contributed by atoms with Gasteiger partial charge in [0.25, 0.3) is 0 Å². The highest BCUT2D eigenvalue weighted by atomic mass is 32.2. The molecule has 80 valence electrons. The van der Waals surface area contributed by atoms with Crippen LogP contribution in [0.1, 0.15) is 16.1 Å². The standard InChI is InChI=1S/C11H9N3OS/c15-10(8-4-2-1-3-5-8)9-11-14(13-12-9)6-7-16-11/h1-5H,6-7H2. The van der Waals surface area contributed by atoms with E-state index in [4.69, 9.17) is 0 Å². The lowest BCUT2D eigenvalue weighted by Gasteiger charge is -1.97. The molecule has 0 bridgehead atoms. The van der Waals surface area contributed by atoms with Crippen molar-refractivity contribution in [3.63, 3.8) is 0 Å². The monoisotopic (exact) mass is 231 g/mol. The van der Waals surface area contributed by atoms with Gasteiger partial charge < -0.3 is 0 Å². The molecule has 0 aliphatic carbocycles. The van der Waals surface area contributed by atoms with Gasteiger partial charge in [-0.2, -0.15) is 0 Å². The molecule has 0 fully saturated rings. The largest absolute Gasteiger partial charge is 0.287 e. The maximum atomic E-state index is 12.1. The first-order valence-electron chi connectivity index (χ1n) is 5.02. The summed E-state index contributed by atoms with van der Waals surface area (Å²) in [4.78, 5) is 12.1. The molecule has 0 spiro atoms. The molecule has 0 saturated carbocycles. The molecule has 0 amide bonds. The van der Waals surface area contributed by atoms with Gasteiger partial charge in [-0.1, -0.05) is 35.5 Å². The van der Waals surface area contributed by atoms with Gasteiger partial charge in [-0.3, -0.25) is 4.79 Å². The van der Waals surface area contributed by atoms with Gasteiger partial charge in [0.05, 0.1) is 6.54 Å². The minimum atomic E-state index is -0.0451. The van der Waals surface area contributed by atoms with Crippen molar-refractivity contribution >= 4 is 17.5 Å². The molecule has 0 atom stereocenters. The van der Waals surface area contributed by atoms with Gasteiger partial charge in [0.2, 0.25) is 5.78 Å². The van der Waals surface area contributed by atoms with Gasteiger partial charge in [0, 0.05) is 11.3 Å². The van der Waals surface area contributed by atoms with Gasteiger partial charge in [-0.05, 0) is 0 Å². The van der Waals surface area contributed by atoms with Crippen LogP contribution in [-0.2, 0) is 6.54 Å². The smallest absolute Gasteiger partial charge is 0.216 e. The number of carbonyl (C=O) groups excluding carboxylic acids is 1. The number of benzene rings is 1. The van der Waals surface area contributed by atoms with Crippen molar-refractivity contribution in [2.45, 2.75) is 11.6 Å². The van der Waals surface area contributed by atoms with Gasteiger partial charge in [-0.15, -0.1) is 16.9 Å². The number of rotatable bonds is 2. The number of nitrogens with zero attached hydrogens (tertiary/aromatic N) is 3. The Morgan fingerprint density at radius 1 is 1.31 bits per heavy atom. The Kier molecular flexibility index (Phi) is 2.25. The lowest BCUT2D eigenvalue weighted by molar-refractivity contribution is 0.103. The van der Waals surface area contributed by atoms with E-state index in [0.717, 1.165) is 17.3 Å². The molecule has 1 aliphatic heterocycles. The zero-order valence-electron chi connectivity index (χ0n) is 8.46. The van der Waals surface area contributed by atoms with Crippen LogP contribution in [0.4, 0.5) is 0 Å². The Labute approximate surface area is 96.7 Å². The maximum Gasteiger partial charge on any atom is 0.216 e. The summed E-state index contributed by atoms with van der Waals surface area (Å²) in [6, 6.07) is 9.19. The summed E-state index contributed by atoms with van der Waals surface area (Å²) in [5.41, 5.74) is 1.15. The third-order valence-corrected chi connectivity index (χ3v) is 3.55. The van der Waals surface area contributed by atoms with E-state index in [0.29, 0.717) is 11.3 Å². The first-order valence-corrected chi connectivity index (χ1v) is 6.01. The van der Waals surface area contributed by atoms with Crippen LogP contribution in [0.5, 0.6) is 0 Å². The average molecular weight is 231 g/mol. The number of thioether (sulfide) groups is 1. The van der Waals surface area contributed by atoms with Gasteiger partial charge in [-0.25, -0.2) is 4.68 Å². The molecule has 2 heterocycles. The Bertz CT molecular complexity index is 535. The number of hydrogen-bond donors (Lipinski definition) is 0. The van der Waals surface area contributed by atoms with Crippen LogP contribution in [0.25, 0.3) is 0 Å². The topological polar surface area (TPSA) is 47.8 Å². The summed E-state index contributed by atoms with van der Waals surface area (Å²) in [7, 11) is 0. The fourth-order valence-electron chi connectivity index (χ4n) is 1.69. The fourth-order valence-corrected chi connectivity index (χ4v) is 2.70. The van der Waals surface area contributed by atoms with Crippen LogP contribution >= 0.6 is 11.8 Å². The quantitative estimate of drug-likeness (QED) is 0.737. The summed E-state index contributed by atoms with van der Waals surface area (Å²) in [6.45, 7) is 0.842. The second-order valence-corrected chi connectivity index (χ2v) is 4.59. The van der Waals surface area contributed by atoms with Gasteiger partial charge in [0.1, 0.15) is 5.03 Å². The molecule has 4 nitrogen and oxygen atoms in total. The molecule has 0 saturated heterocycles. The summed E-state index contributed by atoms with van der Waals surface area (Å²) in [5, 5.41) is 8.82. The molecule has 5 heteroatoms. The lowest BCUT2D eigenvalue weighted by atomic mass is 10.1. The second-order valence-electron chi connectivity index (χ2n) is 3.51. The van der Waals surface area contributed by atoms with Crippen molar-refractivity contribution in [1.82, 2.24) is 15.0 Å². The first-order chi connectivity index (χ1) is 7.86. The summed E-state index contributed by atoms with van der Waals surface area (Å²) < 4.78 is 1.79. The highest BCUT2D eigenvalue weighted by molar-refractivity contribution is 7.99. The Hall–Kier alpha value is -1.62. The number of aromatic nitrogens is 3. The average Bonchev–Trinajstić information content (AvgIpc) is 2.91. The number of ketones is 1. The van der Waals surface area contributed by atoms with E-state index >= 15 is 0 Å². The highest BCUT2D eigenvalue weighted by Gasteiger charge is 2.24. The normalized spacial score (nSPS) is 13.8. The fraction of sp³-hybridized carbons (Fsp3) is 0.182. The molecule has 0 unspecified atom stereocenters. The summed E-state index contributed by atoms with van der Waals surface area (Å²) >= 11 is 1.64. The maximum absolute atomic E-state index is 12.1. The second kappa shape index (κ2) is 3.75. The molecular formula is C11H9N3OS. The van der Waals surface area contributed by atoms with Crippen LogP contribution in [-0.4, -0.2) is 26.5 Å². The van der Waals surface area contributed by atoms with Gasteiger partial charge in [0.15, 0.2) is 5.69 Å². The van der Waals surface area contributed by atoms with E-state index in [1.165, 1.54) is 0 Å².